The first kappa shape index (κ1) is 20.7. The largest absolute Gasteiger partial charge is 0.465 e. The number of H-pyrrole nitrogens is 1. The van der Waals surface area contributed by atoms with Gasteiger partial charge in [-0.15, -0.1) is 0 Å². The van der Waals surface area contributed by atoms with Gasteiger partial charge in [-0.05, 0) is 51.7 Å². The molecule has 1 saturated carbocycles. The highest BCUT2D eigenvalue weighted by molar-refractivity contribution is 6.35. The topological polar surface area (TPSA) is 104 Å². The Morgan fingerprint density at radius 1 is 1.33 bits per heavy atom. The number of carboxylic acid groups (broad SMARTS) is 1. The second-order valence-corrected chi connectivity index (χ2v) is 9.24. The van der Waals surface area contributed by atoms with Gasteiger partial charge in [0.2, 0.25) is 0 Å². The number of rotatable bonds is 4. The fourth-order valence-corrected chi connectivity index (χ4v) is 4.19. The molecule has 1 fully saturated rings. The average Bonchev–Trinajstić information content (AvgIpc) is 3.38. The van der Waals surface area contributed by atoms with Crippen molar-refractivity contribution in [2.45, 2.75) is 45.2 Å². The van der Waals surface area contributed by atoms with Crippen molar-refractivity contribution in [1.29, 1.82) is 0 Å². The van der Waals surface area contributed by atoms with Crippen LogP contribution < -0.4 is 5.56 Å². The van der Waals surface area contributed by atoms with E-state index >= 15 is 0 Å². The third-order valence-electron chi connectivity index (χ3n) is 5.17. The van der Waals surface area contributed by atoms with Gasteiger partial charge in [-0.2, -0.15) is 5.10 Å². The Labute approximate surface area is 182 Å². The molecular formula is C20H21Cl2N5O3. The number of carbonyl (C=O) groups is 1. The molecule has 30 heavy (non-hydrogen) atoms. The molecule has 0 unspecified atom stereocenters. The SMILES string of the molecule is CC(C)(C)N(C(=O)O)[C@H](c1nc2cccc(Cl)c2c(=O)n1-c1cc(Cl)[nH]n1)C1CC1. The second-order valence-electron chi connectivity index (χ2n) is 8.42. The summed E-state index contributed by atoms with van der Waals surface area (Å²) in [6, 6.07) is 5.89. The van der Waals surface area contributed by atoms with Crippen LogP contribution in [0.5, 0.6) is 0 Å². The van der Waals surface area contributed by atoms with Gasteiger partial charge in [-0.3, -0.25) is 14.8 Å². The molecule has 2 aromatic heterocycles. The Kier molecular flexibility index (Phi) is 5.02. The monoisotopic (exact) mass is 449 g/mol. The molecule has 158 valence electrons. The number of aromatic nitrogens is 4. The Hall–Kier alpha value is -2.58. The molecule has 3 aromatic rings. The maximum Gasteiger partial charge on any atom is 0.408 e. The van der Waals surface area contributed by atoms with Crippen LogP contribution in [0.4, 0.5) is 4.79 Å². The van der Waals surface area contributed by atoms with Gasteiger partial charge < -0.3 is 5.11 Å². The minimum atomic E-state index is -1.08. The van der Waals surface area contributed by atoms with Gasteiger partial charge in [-0.1, -0.05) is 29.3 Å². The lowest BCUT2D eigenvalue weighted by Gasteiger charge is -2.40. The quantitative estimate of drug-likeness (QED) is 0.603. The number of nitrogens with one attached hydrogen (secondary N) is 1. The van der Waals surface area contributed by atoms with Crippen LogP contribution in [-0.4, -0.2) is 41.4 Å². The van der Waals surface area contributed by atoms with Crippen LogP contribution >= 0.6 is 23.2 Å². The van der Waals surface area contributed by atoms with Crippen molar-refractivity contribution >= 4 is 40.2 Å². The number of halogens is 2. The second kappa shape index (κ2) is 7.28. The summed E-state index contributed by atoms with van der Waals surface area (Å²) in [6.07, 6.45) is 0.608. The fraction of sp³-hybridized carbons (Fsp3) is 0.400. The lowest BCUT2D eigenvalue weighted by molar-refractivity contribution is 0.0581. The minimum absolute atomic E-state index is 0.0459. The molecule has 4 rings (SSSR count). The summed E-state index contributed by atoms with van der Waals surface area (Å²) in [5.41, 5.74) is -0.729. The van der Waals surface area contributed by atoms with Crippen LogP contribution in [-0.2, 0) is 0 Å². The van der Waals surface area contributed by atoms with Crippen molar-refractivity contribution in [3.05, 3.63) is 50.6 Å². The molecule has 1 atom stereocenters. The summed E-state index contributed by atoms with van der Waals surface area (Å²) in [4.78, 5) is 31.9. The Balaban J connectivity index is 2.08. The fourth-order valence-electron chi connectivity index (χ4n) is 3.80. The van der Waals surface area contributed by atoms with E-state index in [0.29, 0.717) is 11.3 Å². The first-order valence-electron chi connectivity index (χ1n) is 9.54. The average molecular weight is 450 g/mol. The van der Waals surface area contributed by atoms with Gasteiger partial charge in [0.25, 0.3) is 5.56 Å². The van der Waals surface area contributed by atoms with E-state index in [2.05, 4.69) is 10.2 Å². The molecule has 1 aliphatic carbocycles. The van der Waals surface area contributed by atoms with E-state index in [0.717, 1.165) is 12.8 Å². The Morgan fingerprint density at radius 2 is 2.03 bits per heavy atom. The number of nitrogens with zero attached hydrogens (tertiary/aromatic N) is 4. The van der Waals surface area contributed by atoms with E-state index in [1.54, 1.807) is 18.2 Å². The first-order chi connectivity index (χ1) is 14.1. The van der Waals surface area contributed by atoms with Crippen LogP contribution in [0.2, 0.25) is 10.2 Å². The highest BCUT2D eigenvalue weighted by Crippen LogP contribution is 2.46. The van der Waals surface area contributed by atoms with Crippen LogP contribution in [0.25, 0.3) is 16.7 Å². The smallest absolute Gasteiger partial charge is 0.408 e. The number of hydrogen-bond acceptors (Lipinski definition) is 4. The molecule has 0 radical (unpaired) electrons. The van der Waals surface area contributed by atoms with E-state index in [4.69, 9.17) is 28.2 Å². The molecule has 1 aliphatic rings. The zero-order valence-electron chi connectivity index (χ0n) is 16.7. The summed E-state index contributed by atoms with van der Waals surface area (Å²) < 4.78 is 1.32. The van der Waals surface area contributed by atoms with E-state index in [1.807, 2.05) is 20.8 Å². The van der Waals surface area contributed by atoms with Crippen molar-refractivity contribution in [3.8, 4) is 5.82 Å². The third kappa shape index (κ3) is 3.54. The van der Waals surface area contributed by atoms with Crippen LogP contribution in [0.1, 0.15) is 45.5 Å². The molecule has 2 N–H and O–H groups in total. The molecule has 0 bridgehead atoms. The highest BCUT2D eigenvalue weighted by atomic mass is 35.5. The van der Waals surface area contributed by atoms with Crippen molar-refractivity contribution < 1.29 is 9.90 Å². The summed E-state index contributed by atoms with van der Waals surface area (Å²) in [7, 11) is 0. The molecule has 8 nitrogen and oxygen atoms in total. The van der Waals surface area contributed by atoms with Crippen molar-refractivity contribution in [2.75, 3.05) is 0 Å². The zero-order valence-corrected chi connectivity index (χ0v) is 18.2. The molecule has 1 amide bonds. The van der Waals surface area contributed by atoms with E-state index in [-0.39, 0.29) is 27.3 Å². The van der Waals surface area contributed by atoms with Gasteiger partial charge >= 0.3 is 6.09 Å². The molecular weight excluding hydrogens is 429 g/mol. The number of aromatic amines is 1. The van der Waals surface area contributed by atoms with Gasteiger partial charge in [0, 0.05) is 11.6 Å². The zero-order chi connectivity index (χ0) is 21.8. The van der Waals surface area contributed by atoms with Crippen molar-refractivity contribution in [1.82, 2.24) is 24.6 Å². The van der Waals surface area contributed by atoms with Crippen molar-refractivity contribution in [2.24, 2.45) is 5.92 Å². The predicted molar refractivity (Wildman–Crippen MR) is 115 cm³/mol. The third-order valence-corrected chi connectivity index (χ3v) is 5.68. The van der Waals surface area contributed by atoms with Gasteiger partial charge in [0.1, 0.15) is 11.0 Å². The minimum Gasteiger partial charge on any atom is -0.465 e. The van der Waals surface area contributed by atoms with Crippen molar-refractivity contribution in [3.63, 3.8) is 0 Å². The van der Waals surface area contributed by atoms with Gasteiger partial charge in [-0.25, -0.2) is 14.3 Å². The molecule has 1 aromatic carbocycles. The Morgan fingerprint density at radius 3 is 2.57 bits per heavy atom. The first-order valence-corrected chi connectivity index (χ1v) is 10.3. The lowest BCUT2D eigenvalue weighted by atomic mass is 9.99. The number of fused-ring (bicyclic) bond motifs is 1. The number of benzene rings is 1. The van der Waals surface area contributed by atoms with Crippen LogP contribution in [0.15, 0.2) is 29.1 Å². The van der Waals surface area contributed by atoms with E-state index < -0.39 is 23.2 Å². The molecule has 0 aliphatic heterocycles. The number of amides is 1. The van der Waals surface area contributed by atoms with Crippen LogP contribution in [0, 0.1) is 5.92 Å². The van der Waals surface area contributed by atoms with Gasteiger partial charge in [0.05, 0.1) is 22.0 Å². The standard InChI is InChI=1S/C20H21Cl2N5O3/c1-20(2,3)27(19(29)30)16(10-7-8-10)17-23-12-6-4-5-11(21)15(12)18(28)26(17)14-9-13(22)24-25-14/h4-6,9-10,16H,7-8H2,1-3H3,(H,24,25)(H,29,30)/t16-/m0/s1. The highest BCUT2D eigenvalue weighted by Gasteiger charge is 2.45. The van der Waals surface area contributed by atoms with E-state index in [1.165, 1.54) is 15.5 Å². The Bertz CT molecular complexity index is 1190. The predicted octanol–water partition coefficient (Wildman–Crippen LogP) is 4.65. The normalized spacial score (nSPS) is 15.4. The molecule has 2 heterocycles. The van der Waals surface area contributed by atoms with Gasteiger partial charge in [0.15, 0.2) is 5.82 Å². The van der Waals surface area contributed by atoms with E-state index in [9.17, 15) is 14.7 Å². The summed E-state index contributed by atoms with van der Waals surface area (Å²) in [6.45, 7) is 5.47. The summed E-state index contributed by atoms with van der Waals surface area (Å²) in [5.74, 6) is 0.585. The molecule has 0 spiro atoms. The maximum atomic E-state index is 13.5. The number of hydrogen-bond donors (Lipinski definition) is 2. The lowest BCUT2D eigenvalue weighted by Crippen LogP contribution is -2.49. The summed E-state index contributed by atoms with van der Waals surface area (Å²) >= 11 is 12.3. The maximum absolute atomic E-state index is 13.5. The molecule has 0 saturated heterocycles. The summed E-state index contributed by atoms with van der Waals surface area (Å²) in [5, 5.41) is 17.6. The molecule has 10 heteroatoms. The van der Waals surface area contributed by atoms with Crippen LogP contribution in [0.3, 0.4) is 0 Å².